The van der Waals surface area contributed by atoms with Crippen LogP contribution < -0.4 is 5.32 Å². The van der Waals surface area contributed by atoms with Crippen molar-refractivity contribution in [2.75, 3.05) is 12.4 Å². The summed E-state index contributed by atoms with van der Waals surface area (Å²) in [5.74, 6) is -0.362. The van der Waals surface area contributed by atoms with Crippen molar-refractivity contribution in [3.05, 3.63) is 95.6 Å². The number of rotatable bonds is 7. The Bertz CT molecular complexity index is 1310. The van der Waals surface area contributed by atoms with Crippen LogP contribution in [0.1, 0.15) is 15.9 Å². The second-order valence-corrected chi connectivity index (χ2v) is 9.91. The highest BCUT2D eigenvalue weighted by Gasteiger charge is 2.21. The molecule has 0 bridgehead atoms. The van der Waals surface area contributed by atoms with Crippen LogP contribution in [0.4, 0.5) is 5.13 Å². The molecule has 7 nitrogen and oxygen atoms in total. The molecule has 0 fully saturated rings. The summed E-state index contributed by atoms with van der Waals surface area (Å²) in [5, 5.41) is 5.04. The van der Waals surface area contributed by atoms with Gasteiger partial charge in [-0.3, -0.25) is 15.1 Å². The molecule has 162 valence electrons. The normalized spacial score (nSPS) is 11.4. The summed E-state index contributed by atoms with van der Waals surface area (Å²) in [6, 6.07) is 18.9. The number of benzene rings is 2. The van der Waals surface area contributed by atoms with Crippen LogP contribution in [-0.2, 0) is 16.6 Å². The Morgan fingerprint density at radius 3 is 2.47 bits per heavy atom. The fourth-order valence-corrected chi connectivity index (χ4v) is 4.90. The molecule has 0 spiro atoms. The third kappa shape index (κ3) is 4.91. The number of thiazole rings is 1. The molecule has 2 aromatic heterocycles. The maximum atomic E-state index is 12.9. The van der Waals surface area contributed by atoms with E-state index in [1.165, 1.54) is 47.0 Å². The zero-order valence-electron chi connectivity index (χ0n) is 17.2. The fraction of sp³-hybridized carbons (Fsp3) is 0.0870. The van der Waals surface area contributed by atoms with Crippen LogP contribution in [0.5, 0.6) is 0 Å². The minimum absolute atomic E-state index is 0.126. The van der Waals surface area contributed by atoms with E-state index in [0.717, 1.165) is 16.8 Å². The van der Waals surface area contributed by atoms with E-state index in [4.69, 9.17) is 0 Å². The lowest BCUT2D eigenvalue weighted by molar-refractivity contribution is 0.102. The molecule has 0 aliphatic carbocycles. The van der Waals surface area contributed by atoms with Crippen LogP contribution in [0.15, 0.2) is 89.4 Å². The highest BCUT2D eigenvalue weighted by molar-refractivity contribution is 7.89. The van der Waals surface area contributed by atoms with E-state index in [1.807, 2.05) is 47.8 Å². The van der Waals surface area contributed by atoms with Gasteiger partial charge in [-0.2, -0.15) is 4.31 Å². The summed E-state index contributed by atoms with van der Waals surface area (Å²) in [4.78, 5) is 21.2. The fourth-order valence-electron chi connectivity index (χ4n) is 3.03. The molecule has 0 aliphatic heterocycles. The number of aromatic nitrogens is 2. The van der Waals surface area contributed by atoms with E-state index in [1.54, 1.807) is 12.4 Å². The Hall–Kier alpha value is -3.40. The monoisotopic (exact) mass is 464 g/mol. The average molecular weight is 465 g/mol. The molecule has 4 aromatic rings. The molecule has 32 heavy (non-hydrogen) atoms. The number of carbonyl (C=O) groups is 1. The number of hydrogen-bond acceptors (Lipinski definition) is 6. The van der Waals surface area contributed by atoms with Gasteiger partial charge in [0.15, 0.2) is 5.13 Å². The molecule has 9 heteroatoms. The summed E-state index contributed by atoms with van der Waals surface area (Å²) >= 11 is 1.31. The van der Waals surface area contributed by atoms with Crippen LogP contribution in [-0.4, -0.2) is 35.6 Å². The van der Waals surface area contributed by atoms with Gasteiger partial charge in [-0.15, -0.1) is 11.3 Å². The molecular weight excluding hydrogens is 444 g/mol. The number of hydrogen-bond donors (Lipinski definition) is 1. The van der Waals surface area contributed by atoms with Crippen LogP contribution in [0.25, 0.3) is 11.3 Å². The highest BCUT2D eigenvalue weighted by atomic mass is 32.2. The number of sulfonamides is 1. The van der Waals surface area contributed by atoms with Crippen LogP contribution in [0.3, 0.4) is 0 Å². The number of carbonyl (C=O) groups excluding carboxylic acids is 1. The average Bonchev–Trinajstić information content (AvgIpc) is 3.29. The van der Waals surface area contributed by atoms with E-state index >= 15 is 0 Å². The lowest BCUT2D eigenvalue weighted by Crippen LogP contribution is -2.26. The SMILES string of the molecule is CN(Cc1ccccc1)S(=O)(=O)c1ccc(C(=O)Nc2nc(-c3cccnc3)cs2)cc1. The maximum Gasteiger partial charge on any atom is 0.257 e. The van der Waals surface area contributed by atoms with Gasteiger partial charge in [0.25, 0.3) is 5.91 Å². The Morgan fingerprint density at radius 2 is 1.78 bits per heavy atom. The van der Waals surface area contributed by atoms with Crippen molar-refractivity contribution in [1.29, 1.82) is 0 Å². The molecule has 0 radical (unpaired) electrons. The lowest BCUT2D eigenvalue weighted by atomic mass is 10.2. The predicted molar refractivity (Wildman–Crippen MR) is 125 cm³/mol. The van der Waals surface area contributed by atoms with Gasteiger partial charge in [0.2, 0.25) is 10.0 Å². The van der Waals surface area contributed by atoms with Crippen LogP contribution >= 0.6 is 11.3 Å². The van der Waals surface area contributed by atoms with Crippen LogP contribution in [0, 0.1) is 0 Å². The van der Waals surface area contributed by atoms with Crippen molar-refractivity contribution in [2.45, 2.75) is 11.4 Å². The topological polar surface area (TPSA) is 92.3 Å². The molecule has 0 atom stereocenters. The van der Waals surface area contributed by atoms with Gasteiger partial charge in [0.1, 0.15) is 0 Å². The summed E-state index contributed by atoms with van der Waals surface area (Å²) in [5.41, 5.74) is 2.82. The summed E-state index contributed by atoms with van der Waals surface area (Å²) in [6.45, 7) is 0.259. The molecule has 4 rings (SSSR count). The van der Waals surface area contributed by atoms with Gasteiger partial charge in [0, 0.05) is 42.5 Å². The number of pyridine rings is 1. The van der Waals surface area contributed by atoms with Crippen molar-refractivity contribution in [3.63, 3.8) is 0 Å². The second kappa shape index (κ2) is 9.39. The summed E-state index contributed by atoms with van der Waals surface area (Å²) in [7, 11) is -2.15. The Kier molecular flexibility index (Phi) is 6.40. The number of nitrogens with one attached hydrogen (secondary N) is 1. The Morgan fingerprint density at radius 1 is 1.03 bits per heavy atom. The number of nitrogens with zero attached hydrogens (tertiary/aromatic N) is 3. The highest BCUT2D eigenvalue weighted by Crippen LogP contribution is 2.25. The molecule has 0 saturated heterocycles. The van der Waals surface area contributed by atoms with Crippen molar-refractivity contribution in [2.24, 2.45) is 0 Å². The van der Waals surface area contributed by atoms with Crippen molar-refractivity contribution >= 4 is 32.4 Å². The first-order valence-electron chi connectivity index (χ1n) is 9.71. The summed E-state index contributed by atoms with van der Waals surface area (Å²) in [6.07, 6.45) is 3.39. The van der Waals surface area contributed by atoms with E-state index in [0.29, 0.717) is 10.7 Å². The quantitative estimate of drug-likeness (QED) is 0.441. The van der Waals surface area contributed by atoms with Crippen LogP contribution in [0.2, 0.25) is 0 Å². The van der Waals surface area contributed by atoms with Crippen molar-refractivity contribution in [1.82, 2.24) is 14.3 Å². The molecule has 0 aliphatic rings. The molecule has 0 unspecified atom stereocenters. The van der Waals surface area contributed by atoms with E-state index in [-0.39, 0.29) is 17.3 Å². The molecule has 0 saturated carbocycles. The minimum atomic E-state index is -3.68. The van der Waals surface area contributed by atoms with E-state index in [2.05, 4.69) is 15.3 Å². The Labute approximate surface area is 190 Å². The lowest BCUT2D eigenvalue weighted by Gasteiger charge is -2.17. The van der Waals surface area contributed by atoms with Gasteiger partial charge in [-0.1, -0.05) is 30.3 Å². The summed E-state index contributed by atoms with van der Waals surface area (Å²) < 4.78 is 27.0. The molecule has 2 heterocycles. The van der Waals surface area contributed by atoms with Gasteiger partial charge in [-0.05, 0) is 42.0 Å². The standard InChI is InChI=1S/C23H20N4O3S2/c1-27(15-17-6-3-2-4-7-17)32(29,30)20-11-9-18(10-12-20)22(28)26-23-25-21(16-31-23)19-8-5-13-24-14-19/h2-14,16H,15H2,1H3,(H,25,26,28). The minimum Gasteiger partial charge on any atom is -0.298 e. The van der Waals surface area contributed by atoms with Crippen molar-refractivity contribution < 1.29 is 13.2 Å². The largest absolute Gasteiger partial charge is 0.298 e. The van der Waals surface area contributed by atoms with Gasteiger partial charge in [-0.25, -0.2) is 13.4 Å². The third-order valence-electron chi connectivity index (χ3n) is 4.75. The molecular formula is C23H20N4O3S2. The third-order valence-corrected chi connectivity index (χ3v) is 7.33. The first kappa shape index (κ1) is 21.8. The maximum absolute atomic E-state index is 12.9. The molecule has 2 aromatic carbocycles. The van der Waals surface area contributed by atoms with Gasteiger partial charge < -0.3 is 0 Å². The predicted octanol–water partition coefficient (Wildman–Crippen LogP) is 4.28. The number of amides is 1. The smallest absolute Gasteiger partial charge is 0.257 e. The zero-order chi connectivity index (χ0) is 22.6. The number of anilines is 1. The van der Waals surface area contributed by atoms with Gasteiger partial charge in [0.05, 0.1) is 10.6 Å². The molecule has 1 amide bonds. The van der Waals surface area contributed by atoms with Gasteiger partial charge >= 0.3 is 0 Å². The second-order valence-electron chi connectivity index (χ2n) is 7.00. The molecule has 1 N–H and O–H groups in total. The zero-order valence-corrected chi connectivity index (χ0v) is 18.8. The Balaban J connectivity index is 1.44. The first-order valence-corrected chi connectivity index (χ1v) is 12.0. The van der Waals surface area contributed by atoms with E-state index < -0.39 is 10.0 Å². The first-order chi connectivity index (χ1) is 15.4. The van der Waals surface area contributed by atoms with Crippen molar-refractivity contribution in [3.8, 4) is 11.3 Å². The van der Waals surface area contributed by atoms with E-state index in [9.17, 15) is 13.2 Å².